The van der Waals surface area contributed by atoms with Crippen LogP contribution in [0.2, 0.25) is 0 Å². The third-order valence-corrected chi connectivity index (χ3v) is 5.39. The van der Waals surface area contributed by atoms with Crippen molar-refractivity contribution in [3.63, 3.8) is 0 Å². The summed E-state index contributed by atoms with van der Waals surface area (Å²) in [5.41, 5.74) is 9.55. The third-order valence-electron chi connectivity index (χ3n) is 5.39. The van der Waals surface area contributed by atoms with Crippen LogP contribution in [0.1, 0.15) is 51.4 Å². The predicted molar refractivity (Wildman–Crippen MR) is 99.9 cm³/mol. The van der Waals surface area contributed by atoms with Crippen LogP contribution in [0, 0.1) is 0 Å². The maximum absolute atomic E-state index is 11.6. The van der Waals surface area contributed by atoms with Crippen LogP contribution in [0.25, 0.3) is 0 Å². The molecule has 0 radical (unpaired) electrons. The van der Waals surface area contributed by atoms with E-state index in [0.29, 0.717) is 6.04 Å². The minimum absolute atomic E-state index is 0.642. The summed E-state index contributed by atoms with van der Waals surface area (Å²) in [4.78, 5) is 14.2. The summed E-state index contributed by atoms with van der Waals surface area (Å²) in [6.07, 6.45) is 11.2. The average Bonchev–Trinajstić information content (AvgIpc) is 2.57. The van der Waals surface area contributed by atoms with Gasteiger partial charge in [-0.25, -0.2) is 0 Å². The smallest absolute Gasteiger partial charge is 0.149 e. The molecule has 130 valence electrons. The summed E-state index contributed by atoms with van der Waals surface area (Å²) in [5, 5.41) is 3.39. The molecule has 0 aromatic heterocycles. The van der Waals surface area contributed by atoms with E-state index >= 15 is 0 Å². The number of benzene rings is 1. The SMILES string of the molecule is Nc1ccccc1NC1=C(C=O)CN(C2CCCCCCC2)CC1. The lowest BCUT2D eigenvalue weighted by Gasteiger charge is -2.37. The van der Waals surface area contributed by atoms with E-state index in [-0.39, 0.29) is 0 Å². The molecule has 1 heterocycles. The number of carbonyl (C=O) groups excluding carboxylic acids is 1. The third kappa shape index (κ3) is 4.18. The first kappa shape index (κ1) is 17.0. The van der Waals surface area contributed by atoms with Crippen LogP contribution < -0.4 is 11.1 Å². The highest BCUT2D eigenvalue weighted by atomic mass is 16.1. The van der Waals surface area contributed by atoms with Crippen molar-refractivity contribution in [2.24, 2.45) is 0 Å². The number of hydrogen-bond acceptors (Lipinski definition) is 4. The van der Waals surface area contributed by atoms with Crippen LogP contribution in [-0.4, -0.2) is 30.3 Å². The van der Waals surface area contributed by atoms with Gasteiger partial charge in [0.05, 0.1) is 11.4 Å². The Kier molecular flexibility index (Phi) is 5.91. The summed E-state index contributed by atoms with van der Waals surface area (Å²) in [6.45, 7) is 1.79. The quantitative estimate of drug-likeness (QED) is 0.649. The van der Waals surface area contributed by atoms with Gasteiger partial charge in [0.25, 0.3) is 0 Å². The molecule has 0 unspecified atom stereocenters. The van der Waals surface area contributed by atoms with Crippen molar-refractivity contribution in [2.45, 2.75) is 57.4 Å². The number of nitrogens with one attached hydrogen (secondary N) is 1. The molecule has 3 rings (SSSR count). The molecular formula is C20H29N3O. The number of anilines is 2. The molecule has 0 spiro atoms. The van der Waals surface area contributed by atoms with E-state index in [4.69, 9.17) is 5.73 Å². The molecule has 2 aliphatic rings. The molecule has 1 saturated carbocycles. The van der Waals surface area contributed by atoms with Gasteiger partial charge in [-0.15, -0.1) is 0 Å². The van der Waals surface area contributed by atoms with Crippen molar-refractivity contribution in [3.05, 3.63) is 35.5 Å². The summed E-state index contributed by atoms with van der Waals surface area (Å²) >= 11 is 0. The molecular weight excluding hydrogens is 298 g/mol. The van der Waals surface area contributed by atoms with Crippen molar-refractivity contribution in [1.82, 2.24) is 4.90 Å². The number of carbonyl (C=O) groups is 1. The Hall–Kier alpha value is -1.81. The largest absolute Gasteiger partial charge is 0.397 e. The minimum atomic E-state index is 0.642. The second kappa shape index (κ2) is 8.34. The van der Waals surface area contributed by atoms with E-state index in [1.54, 1.807) is 0 Å². The molecule has 1 aliphatic heterocycles. The molecule has 0 atom stereocenters. The van der Waals surface area contributed by atoms with Crippen molar-refractivity contribution >= 4 is 17.7 Å². The molecule has 0 saturated heterocycles. The van der Waals surface area contributed by atoms with E-state index in [2.05, 4.69) is 10.2 Å². The van der Waals surface area contributed by atoms with E-state index in [1.165, 1.54) is 44.9 Å². The molecule has 1 fully saturated rings. The Morgan fingerprint density at radius 3 is 2.50 bits per heavy atom. The lowest BCUT2D eigenvalue weighted by molar-refractivity contribution is -0.105. The fraction of sp³-hybridized carbons (Fsp3) is 0.550. The Morgan fingerprint density at radius 1 is 1.08 bits per heavy atom. The standard InChI is InChI=1S/C20H29N3O/c21-18-10-6-7-11-20(18)22-19-12-13-23(14-16(19)15-24)17-8-4-2-1-3-5-9-17/h6-7,10-11,15,17,22H,1-5,8-9,12-14,21H2. The first-order valence-corrected chi connectivity index (χ1v) is 9.30. The molecule has 0 amide bonds. The molecule has 3 N–H and O–H groups in total. The van der Waals surface area contributed by atoms with Gasteiger partial charge in [0.2, 0.25) is 0 Å². The zero-order valence-corrected chi connectivity index (χ0v) is 14.5. The molecule has 1 aromatic rings. The normalized spacial score (nSPS) is 21.2. The zero-order valence-electron chi connectivity index (χ0n) is 14.5. The summed E-state index contributed by atoms with van der Waals surface area (Å²) in [5.74, 6) is 0. The number of para-hydroxylation sites is 2. The van der Waals surface area contributed by atoms with Crippen LogP contribution in [-0.2, 0) is 4.79 Å². The Labute approximate surface area is 145 Å². The maximum atomic E-state index is 11.6. The van der Waals surface area contributed by atoms with Gasteiger partial charge < -0.3 is 11.1 Å². The van der Waals surface area contributed by atoms with Crippen molar-refractivity contribution in [1.29, 1.82) is 0 Å². The fourth-order valence-corrected chi connectivity index (χ4v) is 3.95. The number of nitrogens with zero attached hydrogens (tertiary/aromatic N) is 1. The lowest BCUT2D eigenvalue weighted by atomic mass is 9.93. The van der Waals surface area contributed by atoms with E-state index < -0.39 is 0 Å². The van der Waals surface area contributed by atoms with Gasteiger partial charge in [-0.1, -0.05) is 44.2 Å². The summed E-state index contributed by atoms with van der Waals surface area (Å²) in [6, 6.07) is 8.37. The highest BCUT2D eigenvalue weighted by Gasteiger charge is 2.25. The van der Waals surface area contributed by atoms with Gasteiger partial charge in [-0.2, -0.15) is 0 Å². The lowest BCUT2D eigenvalue weighted by Crippen LogP contribution is -2.41. The molecule has 4 heteroatoms. The van der Waals surface area contributed by atoms with Crippen LogP contribution >= 0.6 is 0 Å². The van der Waals surface area contributed by atoms with Gasteiger partial charge in [0.1, 0.15) is 6.29 Å². The number of hydrogen-bond donors (Lipinski definition) is 2. The van der Waals surface area contributed by atoms with E-state index in [9.17, 15) is 4.79 Å². The van der Waals surface area contributed by atoms with Crippen molar-refractivity contribution < 1.29 is 4.79 Å². The van der Waals surface area contributed by atoms with Crippen LogP contribution in [0.4, 0.5) is 11.4 Å². The van der Waals surface area contributed by atoms with Crippen LogP contribution in [0.5, 0.6) is 0 Å². The van der Waals surface area contributed by atoms with Crippen molar-refractivity contribution in [3.8, 4) is 0 Å². The molecule has 24 heavy (non-hydrogen) atoms. The number of nitrogen functional groups attached to an aromatic ring is 1. The summed E-state index contributed by atoms with van der Waals surface area (Å²) < 4.78 is 0. The van der Waals surface area contributed by atoms with Gasteiger partial charge in [0, 0.05) is 36.8 Å². The second-order valence-corrected chi connectivity index (χ2v) is 7.05. The predicted octanol–water partition coefficient (Wildman–Crippen LogP) is 3.95. The summed E-state index contributed by atoms with van der Waals surface area (Å²) in [7, 11) is 0. The van der Waals surface area contributed by atoms with Gasteiger partial charge in [-0.05, 0) is 25.0 Å². The molecule has 1 aliphatic carbocycles. The number of nitrogens with two attached hydrogens (primary N) is 1. The van der Waals surface area contributed by atoms with Gasteiger partial charge >= 0.3 is 0 Å². The minimum Gasteiger partial charge on any atom is -0.397 e. The maximum Gasteiger partial charge on any atom is 0.149 e. The Bertz CT molecular complexity index is 588. The topological polar surface area (TPSA) is 58.4 Å². The second-order valence-electron chi connectivity index (χ2n) is 7.05. The molecule has 4 nitrogen and oxygen atoms in total. The number of aldehydes is 1. The Balaban J connectivity index is 1.69. The first-order chi connectivity index (χ1) is 11.8. The highest BCUT2D eigenvalue weighted by Crippen LogP contribution is 2.28. The fourth-order valence-electron chi connectivity index (χ4n) is 3.95. The van der Waals surface area contributed by atoms with E-state index in [1.807, 2.05) is 24.3 Å². The zero-order chi connectivity index (χ0) is 16.8. The van der Waals surface area contributed by atoms with E-state index in [0.717, 1.165) is 48.4 Å². The first-order valence-electron chi connectivity index (χ1n) is 9.30. The monoisotopic (exact) mass is 327 g/mol. The Morgan fingerprint density at radius 2 is 1.79 bits per heavy atom. The average molecular weight is 327 g/mol. The number of rotatable bonds is 4. The van der Waals surface area contributed by atoms with Gasteiger partial charge in [0.15, 0.2) is 0 Å². The highest BCUT2D eigenvalue weighted by molar-refractivity contribution is 5.78. The molecule has 0 bridgehead atoms. The van der Waals surface area contributed by atoms with Crippen LogP contribution in [0.3, 0.4) is 0 Å². The van der Waals surface area contributed by atoms with Crippen molar-refractivity contribution in [2.75, 3.05) is 24.1 Å². The van der Waals surface area contributed by atoms with Crippen LogP contribution in [0.15, 0.2) is 35.5 Å². The van der Waals surface area contributed by atoms with Gasteiger partial charge in [-0.3, -0.25) is 9.69 Å². The molecule has 1 aromatic carbocycles.